The minimum Gasteiger partial charge on any atom is -0.508 e. The van der Waals surface area contributed by atoms with Crippen LogP contribution in [-0.2, 0) is 13.1 Å². The van der Waals surface area contributed by atoms with E-state index in [1.807, 2.05) is 6.08 Å². The van der Waals surface area contributed by atoms with Crippen molar-refractivity contribution in [2.24, 2.45) is 0 Å². The van der Waals surface area contributed by atoms with E-state index in [2.05, 4.69) is 0 Å². The number of phenols is 1. The molecule has 4 heterocycles. The van der Waals surface area contributed by atoms with Crippen molar-refractivity contribution in [3.8, 4) is 22.9 Å². The first-order valence-corrected chi connectivity index (χ1v) is 13.0. The molecular formula is C29H24N6O6. The Hall–Kier alpha value is -5.52. The van der Waals surface area contributed by atoms with Crippen LogP contribution in [0.25, 0.3) is 11.4 Å². The van der Waals surface area contributed by atoms with Gasteiger partial charge in [0.05, 0.1) is 37.6 Å². The van der Waals surface area contributed by atoms with Crippen molar-refractivity contribution in [3.05, 3.63) is 138 Å². The summed E-state index contributed by atoms with van der Waals surface area (Å²) in [5, 5.41) is 10.1. The predicted molar refractivity (Wildman–Crippen MR) is 148 cm³/mol. The molecule has 0 aliphatic carbocycles. The molecule has 7 rings (SSSR count). The molecule has 41 heavy (non-hydrogen) atoms. The lowest BCUT2D eigenvalue weighted by molar-refractivity contribution is 0.243. The summed E-state index contributed by atoms with van der Waals surface area (Å²) in [7, 11) is 1.45. The lowest BCUT2D eigenvalue weighted by Gasteiger charge is -2.38. The van der Waals surface area contributed by atoms with Gasteiger partial charge >= 0.3 is 22.8 Å². The average molecular weight is 553 g/mol. The van der Waals surface area contributed by atoms with E-state index in [0.717, 1.165) is 9.13 Å². The van der Waals surface area contributed by atoms with Crippen molar-refractivity contribution in [3.63, 3.8) is 0 Å². The van der Waals surface area contributed by atoms with Gasteiger partial charge in [-0.05, 0) is 42.0 Å². The number of hydrogen-bond acceptors (Lipinski definition) is 6. The summed E-state index contributed by atoms with van der Waals surface area (Å²) in [5.41, 5.74) is -0.241. The summed E-state index contributed by atoms with van der Waals surface area (Å²) < 4.78 is 13.2. The standard InChI is InChI=1S/C29H24N6O6/c1-41-24-16-20(36)12-13-22(24)25-21-14-15-30-26(37)32(18-8-4-2-5-9-18)28(39)34(30)23(21)17-31-27(38)33(29(40)35(25)31)19-10-6-3-7-11-19/h2-14,16,23,25,36H,15,17H2,1H3. The lowest BCUT2D eigenvalue weighted by atomic mass is 9.89. The number of aromatic hydroxyl groups is 1. The Morgan fingerprint density at radius 1 is 0.732 bits per heavy atom. The van der Waals surface area contributed by atoms with Crippen molar-refractivity contribution in [1.29, 1.82) is 0 Å². The number of phenolic OH excluding ortho intramolecular Hbond substituents is 1. The highest BCUT2D eigenvalue weighted by Crippen LogP contribution is 2.42. The van der Waals surface area contributed by atoms with Gasteiger partial charge in [-0.3, -0.25) is 0 Å². The predicted octanol–water partition coefficient (Wildman–Crippen LogP) is 1.41. The fourth-order valence-corrected chi connectivity index (χ4v) is 5.96. The molecule has 0 saturated carbocycles. The fraction of sp³-hybridized carbons (Fsp3) is 0.172. The van der Waals surface area contributed by atoms with Crippen LogP contribution in [0.2, 0.25) is 0 Å². The Morgan fingerprint density at radius 3 is 1.93 bits per heavy atom. The summed E-state index contributed by atoms with van der Waals surface area (Å²) in [6.45, 7) is 0.0177. The van der Waals surface area contributed by atoms with Crippen LogP contribution in [0.15, 0.2) is 110 Å². The molecule has 2 atom stereocenters. The van der Waals surface area contributed by atoms with Crippen molar-refractivity contribution >= 4 is 0 Å². The maximum atomic E-state index is 14.0. The monoisotopic (exact) mass is 552 g/mol. The van der Waals surface area contributed by atoms with E-state index in [1.54, 1.807) is 66.7 Å². The first-order chi connectivity index (χ1) is 19.9. The molecule has 3 aromatic carbocycles. The van der Waals surface area contributed by atoms with Crippen LogP contribution in [0.4, 0.5) is 0 Å². The molecule has 1 N–H and O–H groups in total. The van der Waals surface area contributed by atoms with Crippen molar-refractivity contribution in [2.45, 2.75) is 25.2 Å². The second kappa shape index (κ2) is 9.01. The molecule has 2 aliphatic rings. The van der Waals surface area contributed by atoms with Gasteiger partial charge in [-0.1, -0.05) is 42.5 Å². The first kappa shape index (κ1) is 24.5. The molecule has 12 heteroatoms. The Bertz CT molecular complexity index is 2090. The van der Waals surface area contributed by atoms with Crippen LogP contribution < -0.4 is 27.5 Å². The number of para-hydroxylation sites is 2. The molecule has 2 aliphatic heterocycles. The van der Waals surface area contributed by atoms with E-state index in [0.29, 0.717) is 28.3 Å². The molecule has 2 unspecified atom stereocenters. The van der Waals surface area contributed by atoms with E-state index in [1.165, 1.54) is 38.0 Å². The van der Waals surface area contributed by atoms with Gasteiger partial charge in [0.2, 0.25) is 0 Å². The third-order valence-corrected chi connectivity index (χ3v) is 7.75. The summed E-state index contributed by atoms with van der Waals surface area (Å²) >= 11 is 0. The van der Waals surface area contributed by atoms with Gasteiger partial charge in [-0.15, -0.1) is 0 Å². The summed E-state index contributed by atoms with van der Waals surface area (Å²) in [6, 6.07) is 20.1. The quantitative estimate of drug-likeness (QED) is 0.336. The number of ether oxygens (including phenoxy) is 1. The highest BCUT2D eigenvalue weighted by Gasteiger charge is 2.42. The SMILES string of the molecule is COc1cc(O)ccc1C1C2=CCn3c(=O)n(-c4ccccc4)c(=O)n3C2Cn2c(=O)n(-c3ccccc3)c(=O)n21. The smallest absolute Gasteiger partial charge is 0.352 e. The minimum atomic E-state index is -0.870. The van der Waals surface area contributed by atoms with Gasteiger partial charge in [0.25, 0.3) is 0 Å². The van der Waals surface area contributed by atoms with Crippen LogP contribution in [0.5, 0.6) is 11.5 Å². The molecule has 0 amide bonds. The van der Waals surface area contributed by atoms with Gasteiger partial charge in [0.15, 0.2) is 0 Å². The number of allylic oxidation sites excluding steroid dienone is 2. The molecule has 12 nitrogen and oxygen atoms in total. The normalized spacial score (nSPS) is 17.3. The Morgan fingerprint density at radius 2 is 1.32 bits per heavy atom. The van der Waals surface area contributed by atoms with Gasteiger partial charge in [0, 0.05) is 11.6 Å². The third kappa shape index (κ3) is 3.46. The van der Waals surface area contributed by atoms with Crippen molar-refractivity contribution in [2.75, 3.05) is 7.11 Å². The van der Waals surface area contributed by atoms with Crippen LogP contribution in [0, 0.1) is 0 Å². The fourth-order valence-electron chi connectivity index (χ4n) is 5.96. The summed E-state index contributed by atoms with van der Waals surface area (Å²) in [4.78, 5) is 55.1. The molecule has 0 bridgehead atoms. The number of aromatic nitrogens is 6. The number of rotatable bonds is 4. The summed E-state index contributed by atoms with van der Waals surface area (Å²) in [5.74, 6) is 0.263. The Labute approximate surface area is 231 Å². The van der Waals surface area contributed by atoms with Gasteiger partial charge in [-0.25, -0.2) is 47.0 Å². The van der Waals surface area contributed by atoms with Gasteiger partial charge in [-0.2, -0.15) is 0 Å². The maximum absolute atomic E-state index is 14.0. The molecule has 0 fully saturated rings. The molecule has 0 radical (unpaired) electrons. The number of methoxy groups -OCH3 is 1. The lowest BCUT2D eigenvalue weighted by Crippen LogP contribution is -2.47. The number of hydrogen-bond donors (Lipinski definition) is 1. The Kier molecular flexibility index (Phi) is 5.39. The third-order valence-electron chi connectivity index (χ3n) is 7.75. The first-order valence-electron chi connectivity index (χ1n) is 13.0. The molecule has 2 aromatic heterocycles. The Balaban J connectivity index is 1.52. The number of nitrogens with zero attached hydrogens (tertiary/aromatic N) is 6. The largest absolute Gasteiger partial charge is 0.508 e. The van der Waals surface area contributed by atoms with Crippen LogP contribution in [-0.4, -0.2) is 40.1 Å². The topological polar surface area (TPSA) is 127 Å². The average Bonchev–Trinajstić information content (AvgIpc) is 3.40. The molecule has 206 valence electrons. The van der Waals surface area contributed by atoms with Gasteiger partial charge < -0.3 is 9.84 Å². The highest BCUT2D eigenvalue weighted by atomic mass is 16.5. The molecular weight excluding hydrogens is 528 g/mol. The van der Waals surface area contributed by atoms with Crippen molar-refractivity contribution < 1.29 is 9.84 Å². The van der Waals surface area contributed by atoms with Crippen LogP contribution in [0.1, 0.15) is 17.6 Å². The van der Waals surface area contributed by atoms with E-state index in [-0.39, 0.29) is 18.8 Å². The summed E-state index contributed by atoms with van der Waals surface area (Å²) in [6.07, 6.45) is 1.82. The number of fused-ring (bicyclic) bond motifs is 4. The van der Waals surface area contributed by atoms with E-state index >= 15 is 0 Å². The van der Waals surface area contributed by atoms with E-state index in [9.17, 15) is 24.3 Å². The van der Waals surface area contributed by atoms with E-state index < -0.39 is 34.8 Å². The zero-order valence-electron chi connectivity index (χ0n) is 21.8. The second-order valence-corrected chi connectivity index (χ2v) is 9.87. The molecule has 0 spiro atoms. The van der Waals surface area contributed by atoms with Crippen LogP contribution in [0.3, 0.4) is 0 Å². The second-order valence-electron chi connectivity index (χ2n) is 9.87. The molecule has 0 saturated heterocycles. The number of benzene rings is 3. The van der Waals surface area contributed by atoms with E-state index in [4.69, 9.17) is 4.74 Å². The molecule has 5 aromatic rings. The highest BCUT2D eigenvalue weighted by molar-refractivity contribution is 5.47. The maximum Gasteiger partial charge on any atom is 0.352 e. The van der Waals surface area contributed by atoms with Gasteiger partial charge in [0.1, 0.15) is 17.5 Å². The minimum absolute atomic E-state index is 0.0350. The van der Waals surface area contributed by atoms with Crippen LogP contribution >= 0.6 is 0 Å². The van der Waals surface area contributed by atoms with Crippen molar-refractivity contribution in [1.82, 2.24) is 27.9 Å². The zero-order valence-corrected chi connectivity index (χ0v) is 21.8. The zero-order chi connectivity index (χ0) is 28.4.